The summed E-state index contributed by atoms with van der Waals surface area (Å²) in [5, 5.41) is 6.10. The van der Waals surface area contributed by atoms with E-state index in [0.29, 0.717) is 0 Å². The lowest BCUT2D eigenvalue weighted by atomic mass is 9.95. The molecular weight excluding hydrogens is 259 g/mol. The van der Waals surface area contributed by atoms with Crippen molar-refractivity contribution in [1.29, 1.82) is 0 Å². The number of hydrogen-bond acceptors (Lipinski definition) is 2. The first kappa shape index (κ1) is 13.9. The number of halogens is 3. The van der Waals surface area contributed by atoms with Gasteiger partial charge in [0.15, 0.2) is 5.69 Å². The largest absolute Gasteiger partial charge is 0.435 e. The van der Waals surface area contributed by atoms with Crippen LogP contribution in [0.25, 0.3) is 0 Å². The molecule has 1 aromatic rings. The predicted molar refractivity (Wildman–Crippen MR) is 62.5 cm³/mol. The molecule has 1 heterocycles. The average Bonchev–Trinajstić information content (AvgIpc) is 2.72. The molecule has 0 unspecified atom stereocenters. The number of carbonyl (C=O) groups is 1. The summed E-state index contributed by atoms with van der Waals surface area (Å²) in [5.41, 5.74) is -1.10. The highest BCUT2D eigenvalue weighted by molar-refractivity contribution is 5.92. The van der Waals surface area contributed by atoms with E-state index >= 15 is 0 Å². The summed E-state index contributed by atoms with van der Waals surface area (Å²) >= 11 is 0. The molecule has 1 aliphatic carbocycles. The lowest BCUT2D eigenvalue weighted by Crippen LogP contribution is -2.37. The van der Waals surface area contributed by atoms with Crippen molar-refractivity contribution >= 4 is 5.91 Å². The number of amides is 1. The molecule has 0 saturated heterocycles. The fourth-order valence-corrected chi connectivity index (χ4v) is 2.32. The summed E-state index contributed by atoms with van der Waals surface area (Å²) in [6.07, 6.45) is 0.483. The minimum absolute atomic E-state index is 0.0575. The van der Waals surface area contributed by atoms with Gasteiger partial charge >= 0.3 is 6.18 Å². The van der Waals surface area contributed by atoms with Crippen molar-refractivity contribution in [2.45, 2.75) is 44.3 Å². The van der Waals surface area contributed by atoms with Gasteiger partial charge in [-0.1, -0.05) is 19.3 Å². The number of nitrogens with zero attached hydrogens (tertiary/aromatic N) is 2. The Kier molecular flexibility index (Phi) is 3.82. The third-order valence-corrected chi connectivity index (χ3v) is 3.34. The van der Waals surface area contributed by atoms with Gasteiger partial charge in [-0.2, -0.15) is 18.3 Å². The molecule has 1 fully saturated rings. The van der Waals surface area contributed by atoms with Crippen LogP contribution >= 0.6 is 0 Å². The molecule has 0 spiro atoms. The second kappa shape index (κ2) is 5.22. The highest BCUT2D eigenvalue weighted by atomic mass is 19.4. The number of hydrogen-bond donors (Lipinski definition) is 1. The van der Waals surface area contributed by atoms with Crippen LogP contribution < -0.4 is 5.32 Å². The molecule has 7 heteroatoms. The fourth-order valence-electron chi connectivity index (χ4n) is 2.32. The van der Waals surface area contributed by atoms with Gasteiger partial charge in [-0.15, -0.1) is 0 Å². The Bertz CT molecular complexity index is 461. The Morgan fingerprint density at radius 3 is 2.53 bits per heavy atom. The Morgan fingerprint density at radius 1 is 1.37 bits per heavy atom. The molecule has 0 atom stereocenters. The van der Waals surface area contributed by atoms with Crippen LogP contribution in [0, 0.1) is 0 Å². The van der Waals surface area contributed by atoms with Crippen molar-refractivity contribution in [3.63, 3.8) is 0 Å². The van der Waals surface area contributed by atoms with Crippen LogP contribution in [-0.4, -0.2) is 21.7 Å². The van der Waals surface area contributed by atoms with Crippen molar-refractivity contribution < 1.29 is 18.0 Å². The van der Waals surface area contributed by atoms with E-state index in [2.05, 4.69) is 10.4 Å². The highest BCUT2D eigenvalue weighted by Crippen LogP contribution is 2.28. The quantitative estimate of drug-likeness (QED) is 0.901. The van der Waals surface area contributed by atoms with Crippen molar-refractivity contribution in [1.82, 2.24) is 15.1 Å². The molecule has 1 aliphatic rings. The van der Waals surface area contributed by atoms with Gasteiger partial charge in [0.1, 0.15) is 5.69 Å². The van der Waals surface area contributed by atoms with E-state index < -0.39 is 17.8 Å². The zero-order valence-electron chi connectivity index (χ0n) is 10.6. The Labute approximate surface area is 109 Å². The molecule has 106 valence electrons. The zero-order chi connectivity index (χ0) is 14.0. The van der Waals surface area contributed by atoms with Gasteiger partial charge in [0, 0.05) is 19.2 Å². The van der Waals surface area contributed by atoms with E-state index in [1.807, 2.05) is 0 Å². The minimum Gasteiger partial charge on any atom is -0.348 e. The van der Waals surface area contributed by atoms with Gasteiger partial charge in [-0.05, 0) is 12.8 Å². The molecule has 1 saturated carbocycles. The van der Waals surface area contributed by atoms with Crippen molar-refractivity contribution in [2.75, 3.05) is 0 Å². The van der Waals surface area contributed by atoms with E-state index in [1.54, 1.807) is 0 Å². The fraction of sp³-hybridized carbons (Fsp3) is 0.667. The molecule has 0 bridgehead atoms. The topological polar surface area (TPSA) is 46.9 Å². The number of aromatic nitrogens is 2. The monoisotopic (exact) mass is 275 g/mol. The van der Waals surface area contributed by atoms with Gasteiger partial charge in [-0.3, -0.25) is 9.48 Å². The molecule has 1 amide bonds. The van der Waals surface area contributed by atoms with E-state index in [-0.39, 0.29) is 11.7 Å². The minimum atomic E-state index is -4.53. The van der Waals surface area contributed by atoms with Gasteiger partial charge < -0.3 is 5.32 Å². The Balaban J connectivity index is 2.08. The molecule has 19 heavy (non-hydrogen) atoms. The maximum atomic E-state index is 12.5. The number of aryl methyl sites for hydroxylation is 1. The third-order valence-electron chi connectivity index (χ3n) is 3.34. The van der Waals surface area contributed by atoms with Crippen LogP contribution in [0.15, 0.2) is 6.07 Å². The summed E-state index contributed by atoms with van der Waals surface area (Å²) in [7, 11) is 1.34. The van der Waals surface area contributed by atoms with Gasteiger partial charge in [0.2, 0.25) is 0 Å². The smallest absolute Gasteiger partial charge is 0.348 e. The first-order valence-electron chi connectivity index (χ1n) is 6.30. The van der Waals surface area contributed by atoms with Gasteiger partial charge in [0.05, 0.1) is 0 Å². The second-order valence-electron chi connectivity index (χ2n) is 4.84. The number of alkyl halides is 3. The van der Waals surface area contributed by atoms with Crippen LogP contribution in [-0.2, 0) is 13.2 Å². The first-order chi connectivity index (χ1) is 8.88. The van der Waals surface area contributed by atoms with Crippen LogP contribution in [0.3, 0.4) is 0 Å². The second-order valence-corrected chi connectivity index (χ2v) is 4.84. The van der Waals surface area contributed by atoms with Crippen molar-refractivity contribution in [3.8, 4) is 0 Å². The highest BCUT2D eigenvalue weighted by Gasteiger charge is 2.35. The van der Waals surface area contributed by atoms with E-state index in [0.717, 1.165) is 42.9 Å². The van der Waals surface area contributed by atoms with Crippen LogP contribution in [0.4, 0.5) is 13.2 Å². The average molecular weight is 275 g/mol. The van der Waals surface area contributed by atoms with Gasteiger partial charge in [0.25, 0.3) is 5.91 Å². The van der Waals surface area contributed by atoms with Crippen LogP contribution in [0.2, 0.25) is 0 Å². The number of nitrogens with one attached hydrogen (secondary N) is 1. The Hall–Kier alpha value is -1.53. The van der Waals surface area contributed by atoms with Crippen LogP contribution in [0.5, 0.6) is 0 Å². The van der Waals surface area contributed by atoms with Crippen LogP contribution in [0.1, 0.15) is 48.3 Å². The summed E-state index contributed by atoms with van der Waals surface area (Å²) in [6, 6.07) is 0.850. The Morgan fingerprint density at radius 2 is 2.00 bits per heavy atom. The third kappa shape index (κ3) is 3.27. The SMILES string of the molecule is Cn1nc(C(F)(F)F)cc1C(=O)NC1CCCCC1. The normalized spacial score (nSPS) is 17.5. The summed E-state index contributed by atoms with van der Waals surface area (Å²) in [6.45, 7) is 0. The lowest BCUT2D eigenvalue weighted by molar-refractivity contribution is -0.141. The number of carbonyl (C=O) groups excluding carboxylic acids is 1. The van der Waals surface area contributed by atoms with E-state index in [4.69, 9.17) is 0 Å². The molecule has 0 aromatic carbocycles. The predicted octanol–water partition coefficient (Wildman–Crippen LogP) is 2.50. The lowest BCUT2D eigenvalue weighted by Gasteiger charge is -2.22. The number of rotatable bonds is 2. The first-order valence-corrected chi connectivity index (χ1v) is 6.30. The molecule has 1 aromatic heterocycles. The molecule has 1 N–H and O–H groups in total. The zero-order valence-corrected chi connectivity index (χ0v) is 10.6. The maximum Gasteiger partial charge on any atom is 0.435 e. The van der Waals surface area contributed by atoms with E-state index in [9.17, 15) is 18.0 Å². The summed E-state index contributed by atoms with van der Waals surface area (Å²) in [5.74, 6) is -0.489. The van der Waals surface area contributed by atoms with Crippen molar-refractivity contribution in [3.05, 3.63) is 17.5 Å². The standard InChI is InChI=1S/C12H16F3N3O/c1-18-9(7-10(17-18)12(13,14)15)11(19)16-8-5-3-2-4-6-8/h7-8H,2-6H2,1H3,(H,16,19). The van der Waals surface area contributed by atoms with Gasteiger partial charge in [-0.25, -0.2) is 0 Å². The van der Waals surface area contributed by atoms with Crippen molar-refractivity contribution in [2.24, 2.45) is 7.05 Å². The summed E-state index contributed by atoms with van der Waals surface area (Å²) < 4.78 is 38.5. The van der Waals surface area contributed by atoms with E-state index in [1.165, 1.54) is 7.05 Å². The molecule has 0 aliphatic heterocycles. The molecule has 4 nitrogen and oxygen atoms in total. The maximum absolute atomic E-state index is 12.5. The summed E-state index contributed by atoms with van der Waals surface area (Å²) in [4.78, 5) is 11.9. The molecule has 0 radical (unpaired) electrons. The molecular formula is C12H16F3N3O. The molecule has 2 rings (SSSR count).